The molecule has 1 N–H and O–H groups in total. The molecule has 4 rings (SSSR count). The summed E-state index contributed by atoms with van der Waals surface area (Å²) in [4.78, 5) is 25.1. The van der Waals surface area contributed by atoms with Gasteiger partial charge in [-0.25, -0.2) is 10.1 Å². The number of aromatic nitrogens is 2. The molecule has 27 heavy (non-hydrogen) atoms. The first-order valence-electron chi connectivity index (χ1n) is 7.95. The van der Waals surface area contributed by atoms with Gasteiger partial charge in [0.05, 0.1) is 18.3 Å². The molecule has 2 aromatic heterocycles. The van der Waals surface area contributed by atoms with E-state index in [0.29, 0.717) is 22.5 Å². The van der Waals surface area contributed by atoms with E-state index in [1.165, 1.54) is 0 Å². The summed E-state index contributed by atoms with van der Waals surface area (Å²) < 4.78 is 0. The van der Waals surface area contributed by atoms with Crippen molar-refractivity contribution < 1.29 is 9.90 Å². The second-order valence-corrected chi connectivity index (χ2v) is 5.84. The number of hydrogen-bond acceptors (Lipinski definition) is 5. The topological polar surface area (TPSA) is 91.2 Å². The third-order valence-electron chi connectivity index (χ3n) is 4.32. The molecule has 0 saturated heterocycles. The molecule has 0 atom stereocenters. The molecule has 0 aliphatic heterocycles. The van der Waals surface area contributed by atoms with E-state index in [2.05, 4.69) is 14.8 Å². The zero-order valence-corrected chi connectivity index (χ0v) is 13.8. The number of carbonyl (C=O) groups is 1. The summed E-state index contributed by atoms with van der Waals surface area (Å²) in [6.45, 7) is 7.24. The van der Waals surface area contributed by atoms with Gasteiger partial charge in [0.25, 0.3) is 5.70 Å². The Kier molecular flexibility index (Phi) is 3.73. The summed E-state index contributed by atoms with van der Waals surface area (Å²) in [5, 5.41) is 18.7. The standard InChI is InChI=1S/C21H10N4O2/c1-23-17(10-22)18-15-3-2-8-24-19(15)20-16(21(18)27)9-13(11-25-20)12-4-6-14(26)7-5-12/h2-9,11,26H/b18-17-. The van der Waals surface area contributed by atoms with Gasteiger partial charge in [-0.15, -0.1) is 0 Å². The molecular formula is C21H10N4O2. The molecule has 0 bridgehead atoms. The molecule has 1 aliphatic carbocycles. The maximum absolute atomic E-state index is 13.1. The maximum Gasteiger partial charge on any atom is 0.273 e. The van der Waals surface area contributed by atoms with Crippen LogP contribution in [0, 0.1) is 17.9 Å². The number of aromatic hydroxyl groups is 1. The van der Waals surface area contributed by atoms with E-state index in [4.69, 9.17) is 6.57 Å². The zero-order chi connectivity index (χ0) is 19.0. The van der Waals surface area contributed by atoms with Crippen LogP contribution in [-0.2, 0) is 0 Å². The second kappa shape index (κ2) is 6.21. The van der Waals surface area contributed by atoms with Gasteiger partial charge in [0.2, 0.25) is 0 Å². The number of nitriles is 1. The van der Waals surface area contributed by atoms with Gasteiger partial charge in [0.15, 0.2) is 5.78 Å². The largest absolute Gasteiger partial charge is 0.508 e. The number of hydrogen-bond donors (Lipinski definition) is 1. The molecule has 0 saturated carbocycles. The van der Waals surface area contributed by atoms with E-state index in [9.17, 15) is 15.2 Å². The number of ketones is 1. The maximum atomic E-state index is 13.1. The lowest BCUT2D eigenvalue weighted by atomic mass is 9.85. The Morgan fingerprint density at radius 3 is 2.52 bits per heavy atom. The van der Waals surface area contributed by atoms with Gasteiger partial charge in [-0.1, -0.05) is 18.2 Å². The summed E-state index contributed by atoms with van der Waals surface area (Å²) in [6, 6.07) is 13.3. The SMILES string of the molecule is [C-]#[N+]/C(C#N)=C1\C(=O)c2cc(-c3ccc(O)cc3)cnc2-c2ncccc21. The third kappa shape index (κ3) is 2.53. The number of phenols is 1. The van der Waals surface area contributed by atoms with Gasteiger partial charge in [0, 0.05) is 34.7 Å². The van der Waals surface area contributed by atoms with Crippen LogP contribution >= 0.6 is 0 Å². The van der Waals surface area contributed by atoms with Gasteiger partial charge >= 0.3 is 0 Å². The highest BCUT2D eigenvalue weighted by molar-refractivity contribution is 6.35. The number of Topliss-reactive ketones (excluding diaryl/α,β-unsaturated/α-hetero) is 1. The predicted octanol–water partition coefficient (Wildman–Crippen LogP) is 3.87. The van der Waals surface area contributed by atoms with Crippen molar-refractivity contribution in [2.24, 2.45) is 0 Å². The van der Waals surface area contributed by atoms with Gasteiger partial charge in [0.1, 0.15) is 11.4 Å². The quantitative estimate of drug-likeness (QED) is 0.409. The Morgan fingerprint density at radius 1 is 1.07 bits per heavy atom. The van der Waals surface area contributed by atoms with Crippen molar-refractivity contribution >= 4 is 11.4 Å². The van der Waals surface area contributed by atoms with Crippen molar-refractivity contribution in [1.82, 2.24) is 9.97 Å². The van der Waals surface area contributed by atoms with Crippen molar-refractivity contribution in [3.8, 4) is 34.3 Å². The lowest BCUT2D eigenvalue weighted by molar-refractivity contribution is 0.105. The van der Waals surface area contributed by atoms with E-state index in [-0.39, 0.29) is 22.6 Å². The fraction of sp³-hybridized carbons (Fsp3) is 0. The number of carbonyl (C=O) groups excluding carboxylic acids is 1. The monoisotopic (exact) mass is 350 g/mol. The molecule has 0 fully saturated rings. The van der Waals surface area contributed by atoms with E-state index in [1.807, 2.05) is 0 Å². The Morgan fingerprint density at radius 2 is 1.81 bits per heavy atom. The molecule has 6 nitrogen and oxygen atoms in total. The van der Waals surface area contributed by atoms with Crippen molar-refractivity contribution in [3.63, 3.8) is 0 Å². The van der Waals surface area contributed by atoms with E-state index < -0.39 is 5.78 Å². The Bertz CT molecular complexity index is 1200. The highest BCUT2D eigenvalue weighted by atomic mass is 16.3. The molecule has 0 radical (unpaired) electrons. The number of rotatable bonds is 1. The van der Waals surface area contributed by atoms with Crippen LogP contribution in [0.4, 0.5) is 0 Å². The average molecular weight is 350 g/mol. The summed E-state index contributed by atoms with van der Waals surface area (Å²) in [6.07, 6.45) is 3.21. The minimum Gasteiger partial charge on any atom is -0.508 e. The minimum absolute atomic E-state index is 0.0488. The summed E-state index contributed by atoms with van der Waals surface area (Å²) in [5.41, 5.74) is 2.86. The Labute approximate surface area is 154 Å². The molecule has 1 aliphatic rings. The minimum atomic E-state index is -0.425. The first-order chi connectivity index (χ1) is 13.1. The van der Waals surface area contributed by atoms with Crippen molar-refractivity contribution in [3.05, 3.63) is 83.1 Å². The van der Waals surface area contributed by atoms with Crippen LogP contribution in [0.25, 0.3) is 32.9 Å². The van der Waals surface area contributed by atoms with Crippen LogP contribution in [-0.4, -0.2) is 20.9 Å². The molecule has 0 amide bonds. The molecule has 3 aromatic rings. The lowest BCUT2D eigenvalue weighted by Gasteiger charge is -2.20. The molecule has 0 unspecified atom stereocenters. The second-order valence-electron chi connectivity index (χ2n) is 5.84. The van der Waals surface area contributed by atoms with Gasteiger partial charge < -0.3 is 5.11 Å². The normalized spacial score (nSPS) is 13.8. The average Bonchev–Trinajstić information content (AvgIpc) is 2.71. The fourth-order valence-corrected chi connectivity index (χ4v) is 3.06. The van der Waals surface area contributed by atoms with E-state index in [1.54, 1.807) is 60.9 Å². The van der Waals surface area contributed by atoms with Gasteiger partial charge in [-0.2, -0.15) is 0 Å². The Hall–Kier alpha value is -4.29. The van der Waals surface area contributed by atoms with E-state index >= 15 is 0 Å². The number of pyridine rings is 2. The highest BCUT2D eigenvalue weighted by Crippen LogP contribution is 2.39. The number of benzene rings is 1. The highest BCUT2D eigenvalue weighted by Gasteiger charge is 2.32. The summed E-state index contributed by atoms with van der Waals surface area (Å²) in [5.74, 6) is -0.286. The van der Waals surface area contributed by atoms with Gasteiger partial charge in [-0.3, -0.25) is 14.8 Å². The number of allylic oxidation sites excluding steroid dienone is 2. The van der Waals surface area contributed by atoms with Crippen LogP contribution in [0.2, 0.25) is 0 Å². The zero-order valence-electron chi connectivity index (χ0n) is 13.8. The first-order valence-corrected chi connectivity index (χ1v) is 7.95. The lowest BCUT2D eigenvalue weighted by Crippen LogP contribution is -2.15. The molecule has 6 heteroatoms. The van der Waals surface area contributed by atoms with Crippen LogP contribution in [0.15, 0.2) is 60.6 Å². The first kappa shape index (κ1) is 16.2. The Balaban J connectivity index is 1.99. The van der Waals surface area contributed by atoms with Crippen molar-refractivity contribution in [2.45, 2.75) is 0 Å². The van der Waals surface area contributed by atoms with Gasteiger partial charge in [-0.05, 0) is 29.8 Å². The number of phenolic OH excluding ortho intramolecular Hbond substituents is 1. The van der Waals surface area contributed by atoms with Crippen molar-refractivity contribution in [2.75, 3.05) is 0 Å². The summed E-state index contributed by atoms with van der Waals surface area (Å²) in [7, 11) is 0. The van der Waals surface area contributed by atoms with E-state index in [0.717, 1.165) is 5.56 Å². The van der Waals surface area contributed by atoms with Crippen molar-refractivity contribution in [1.29, 1.82) is 5.26 Å². The summed E-state index contributed by atoms with van der Waals surface area (Å²) >= 11 is 0. The molecule has 0 spiro atoms. The predicted molar refractivity (Wildman–Crippen MR) is 98.0 cm³/mol. The molecule has 126 valence electrons. The van der Waals surface area contributed by atoms with Crippen LogP contribution < -0.4 is 0 Å². The fourth-order valence-electron chi connectivity index (χ4n) is 3.06. The molecule has 1 aromatic carbocycles. The smallest absolute Gasteiger partial charge is 0.273 e. The third-order valence-corrected chi connectivity index (χ3v) is 4.32. The molecule has 2 heterocycles. The van der Waals surface area contributed by atoms with Crippen LogP contribution in [0.5, 0.6) is 5.75 Å². The van der Waals surface area contributed by atoms with Crippen LogP contribution in [0.3, 0.4) is 0 Å². The molecular weight excluding hydrogens is 340 g/mol. The number of nitrogens with zero attached hydrogens (tertiary/aromatic N) is 4. The van der Waals surface area contributed by atoms with Crippen LogP contribution in [0.1, 0.15) is 15.9 Å². The number of fused-ring (bicyclic) bond motifs is 3.